The third-order valence-electron chi connectivity index (χ3n) is 2.59. The number of hydrogen-bond donors (Lipinski definition) is 1. The zero-order valence-electron chi connectivity index (χ0n) is 9.02. The Balaban J connectivity index is 2.38. The van der Waals surface area contributed by atoms with Crippen LogP contribution in [0.3, 0.4) is 0 Å². The highest BCUT2D eigenvalue weighted by Crippen LogP contribution is 2.27. The van der Waals surface area contributed by atoms with E-state index in [4.69, 9.17) is 23.8 Å². The minimum atomic E-state index is 0.577. The van der Waals surface area contributed by atoms with Gasteiger partial charge in [-0.25, -0.2) is 4.98 Å². The van der Waals surface area contributed by atoms with Crippen molar-refractivity contribution in [1.29, 1.82) is 0 Å². The Hall–Kier alpha value is -1.17. The number of pyridine rings is 1. The van der Waals surface area contributed by atoms with Crippen molar-refractivity contribution in [3.63, 3.8) is 0 Å². The number of aromatic nitrogens is 3. The molecule has 0 saturated carbocycles. The quantitative estimate of drug-likeness (QED) is 0.662. The Morgan fingerprint density at radius 3 is 2.94 bits per heavy atom. The van der Waals surface area contributed by atoms with Crippen molar-refractivity contribution in [2.75, 3.05) is 0 Å². The lowest BCUT2D eigenvalue weighted by atomic mass is 10.3. The Kier molecular flexibility index (Phi) is 2.97. The molecule has 0 unspecified atom stereocenters. The maximum Gasteiger partial charge on any atom is 0.184 e. The molecule has 2 aromatic heterocycles. The number of H-pyrrole nitrogens is 1. The number of rotatable bonds is 1. The lowest BCUT2D eigenvalue weighted by Crippen LogP contribution is -1.96. The van der Waals surface area contributed by atoms with Gasteiger partial charge in [-0.1, -0.05) is 27.5 Å². The van der Waals surface area contributed by atoms with Crippen LogP contribution in [0.4, 0.5) is 0 Å². The predicted molar refractivity (Wildman–Crippen MR) is 79.0 cm³/mol. The van der Waals surface area contributed by atoms with Crippen LogP contribution in [0.15, 0.2) is 41.0 Å². The molecule has 0 aliphatic heterocycles. The number of aromatic amines is 1. The lowest BCUT2D eigenvalue weighted by Gasteiger charge is -2.06. The second kappa shape index (κ2) is 4.50. The zero-order valence-corrected chi connectivity index (χ0v) is 12.2. The van der Waals surface area contributed by atoms with E-state index in [0.717, 1.165) is 21.3 Å². The molecule has 0 radical (unpaired) electrons. The van der Waals surface area contributed by atoms with E-state index < -0.39 is 0 Å². The second-order valence-electron chi connectivity index (χ2n) is 3.74. The molecule has 0 bridgehead atoms. The van der Waals surface area contributed by atoms with Gasteiger partial charge in [-0.05, 0) is 42.5 Å². The van der Waals surface area contributed by atoms with Crippen molar-refractivity contribution in [1.82, 2.24) is 14.5 Å². The highest BCUT2D eigenvalue weighted by molar-refractivity contribution is 9.10. The monoisotopic (exact) mass is 339 g/mol. The summed E-state index contributed by atoms with van der Waals surface area (Å²) in [5.74, 6) is 0. The van der Waals surface area contributed by atoms with Crippen LogP contribution in [0.5, 0.6) is 0 Å². The van der Waals surface area contributed by atoms with Crippen molar-refractivity contribution >= 4 is 50.9 Å². The molecule has 0 atom stereocenters. The first-order valence-electron chi connectivity index (χ1n) is 5.18. The van der Waals surface area contributed by atoms with Gasteiger partial charge in [-0.3, -0.25) is 4.57 Å². The number of fused-ring (bicyclic) bond motifs is 1. The number of nitrogens with one attached hydrogen (secondary N) is 1. The van der Waals surface area contributed by atoms with Gasteiger partial charge in [-0.2, -0.15) is 0 Å². The van der Waals surface area contributed by atoms with Crippen LogP contribution in [0.25, 0.3) is 16.9 Å². The summed E-state index contributed by atoms with van der Waals surface area (Å²) in [5, 5.41) is 0.618. The Bertz CT molecular complexity index is 793. The molecular weight excluding hydrogens is 334 g/mol. The Morgan fingerprint density at radius 1 is 1.33 bits per heavy atom. The average Bonchev–Trinajstić information content (AvgIpc) is 2.66. The van der Waals surface area contributed by atoms with Gasteiger partial charge in [0.05, 0.1) is 16.2 Å². The molecule has 6 heteroatoms. The largest absolute Gasteiger partial charge is 0.329 e. The molecule has 3 nitrogen and oxygen atoms in total. The molecule has 0 saturated heterocycles. The summed E-state index contributed by atoms with van der Waals surface area (Å²) in [6.07, 6.45) is 1.73. The summed E-state index contributed by atoms with van der Waals surface area (Å²) in [7, 11) is 0. The molecule has 0 fully saturated rings. The van der Waals surface area contributed by atoms with Gasteiger partial charge in [0.25, 0.3) is 0 Å². The van der Waals surface area contributed by atoms with Gasteiger partial charge in [0, 0.05) is 10.7 Å². The van der Waals surface area contributed by atoms with Crippen LogP contribution in [0.2, 0.25) is 5.02 Å². The van der Waals surface area contributed by atoms with E-state index in [1.165, 1.54) is 0 Å². The summed E-state index contributed by atoms with van der Waals surface area (Å²) in [5.41, 5.74) is 2.48. The molecule has 3 aromatic rings. The summed E-state index contributed by atoms with van der Waals surface area (Å²) in [6, 6.07) is 9.46. The summed E-state index contributed by atoms with van der Waals surface area (Å²) < 4.78 is 3.34. The summed E-state index contributed by atoms with van der Waals surface area (Å²) in [6.45, 7) is 0. The average molecular weight is 341 g/mol. The standard InChI is InChI=1S/C12H7BrClN3S/c13-7-3-4-10(8(14)6-7)17-11-9(16-12(17)18)2-1-5-15-11/h1-6H,(H,16,18). The van der Waals surface area contributed by atoms with Gasteiger partial charge >= 0.3 is 0 Å². The van der Waals surface area contributed by atoms with E-state index in [-0.39, 0.29) is 0 Å². The Labute approximate surface area is 122 Å². The van der Waals surface area contributed by atoms with Gasteiger partial charge < -0.3 is 4.98 Å². The molecule has 0 aliphatic carbocycles. The van der Waals surface area contributed by atoms with E-state index in [2.05, 4.69) is 25.9 Å². The first kappa shape index (κ1) is 11.9. The van der Waals surface area contributed by atoms with Crippen molar-refractivity contribution in [2.24, 2.45) is 0 Å². The van der Waals surface area contributed by atoms with Crippen LogP contribution in [-0.2, 0) is 0 Å². The minimum absolute atomic E-state index is 0.577. The molecule has 2 heterocycles. The third kappa shape index (κ3) is 1.88. The third-order valence-corrected chi connectivity index (χ3v) is 3.67. The normalized spacial score (nSPS) is 11.0. The Morgan fingerprint density at radius 2 is 2.17 bits per heavy atom. The van der Waals surface area contributed by atoms with Crippen LogP contribution in [0, 0.1) is 4.77 Å². The molecule has 0 spiro atoms. The summed E-state index contributed by atoms with van der Waals surface area (Å²) in [4.78, 5) is 7.45. The van der Waals surface area contributed by atoms with E-state index in [0.29, 0.717) is 9.79 Å². The van der Waals surface area contributed by atoms with Crippen molar-refractivity contribution < 1.29 is 0 Å². The highest BCUT2D eigenvalue weighted by Gasteiger charge is 2.10. The molecule has 0 aliphatic rings. The van der Waals surface area contributed by atoms with Crippen molar-refractivity contribution in [2.45, 2.75) is 0 Å². The second-order valence-corrected chi connectivity index (χ2v) is 5.45. The van der Waals surface area contributed by atoms with Gasteiger partial charge in [-0.15, -0.1) is 0 Å². The predicted octanol–water partition coefficient (Wildman–Crippen LogP) is 4.50. The first-order valence-corrected chi connectivity index (χ1v) is 6.76. The van der Waals surface area contributed by atoms with E-state index >= 15 is 0 Å². The minimum Gasteiger partial charge on any atom is -0.329 e. The van der Waals surface area contributed by atoms with E-state index in [1.807, 2.05) is 34.9 Å². The lowest BCUT2D eigenvalue weighted by molar-refractivity contribution is 1.04. The van der Waals surface area contributed by atoms with Gasteiger partial charge in [0.1, 0.15) is 0 Å². The molecular formula is C12H7BrClN3S. The van der Waals surface area contributed by atoms with Gasteiger partial charge in [0.2, 0.25) is 0 Å². The first-order chi connectivity index (χ1) is 8.66. The van der Waals surface area contributed by atoms with Crippen LogP contribution in [-0.4, -0.2) is 14.5 Å². The number of imidazole rings is 1. The number of hydrogen-bond acceptors (Lipinski definition) is 2. The van der Waals surface area contributed by atoms with Crippen LogP contribution >= 0.6 is 39.7 Å². The molecule has 3 rings (SSSR count). The topological polar surface area (TPSA) is 33.6 Å². The smallest absolute Gasteiger partial charge is 0.184 e. The number of benzene rings is 1. The fourth-order valence-electron chi connectivity index (χ4n) is 1.83. The fraction of sp³-hybridized carbons (Fsp3) is 0. The molecule has 1 aromatic carbocycles. The van der Waals surface area contributed by atoms with Gasteiger partial charge in [0.15, 0.2) is 10.4 Å². The highest BCUT2D eigenvalue weighted by atomic mass is 79.9. The molecule has 90 valence electrons. The summed E-state index contributed by atoms with van der Waals surface area (Å²) >= 11 is 15.0. The molecule has 18 heavy (non-hydrogen) atoms. The van der Waals surface area contributed by atoms with Crippen molar-refractivity contribution in [3.8, 4) is 5.69 Å². The molecule has 0 amide bonds. The zero-order chi connectivity index (χ0) is 12.7. The maximum absolute atomic E-state index is 6.25. The van der Waals surface area contributed by atoms with Crippen LogP contribution in [0.1, 0.15) is 0 Å². The fourth-order valence-corrected chi connectivity index (χ4v) is 2.88. The van der Waals surface area contributed by atoms with E-state index in [9.17, 15) is 0 Å². The number of nitrogens with zero attached hydrogens (tertiary/aromatic N) is 2. The van der Waals surface area contributed by atoms with Crippen LogP contribution < -0.4 is 0 Å². The SMILES string of the molecule is S=c1[nH]c2cccnc2n1-c1ccc(Br)cc1Cl. The van der Waals surface area contributed by atoms with E-state index in [1.54, 1.807) is 6.20 Å². The molecule has 1 N–H and O–H groups in total. The maximum atomic E-state index is 6.25. The number of halogens is 2. The van der Waals surface area contributed by atoms with Crippen molar-refractivity contribution in [3.05, 3.63) is 50.8 Å².